The molecule has 3 heteroatoms. The van der Waals surface area contributed by atoms with Gasteiger partial charge in [-0.1, -0.05) is 12.1 Å². The van der Waals surface area contributed by atoms with Gasteiger partial charge >= 0.3 is 0 Å². The molecule has 0 aliphatic heterocycles. The molecule has 82 valence electrons. The summed E-state index contributed by atoms with van der Waals surface area (Å²) in [6.07, 6.45) is 1.51. The summed E-state index contributed by atoms with van der Waals surface area (Å²) < 4.78 is 5.12. The van der Waals surface area contributed by atoms with E-state index < -0.39 is 0 Å². The van der Waals surface area contributed by atoms with Crippen molar-refractivity contribution in [3.05, 3.63) is 53.5 Å². The molecule has 16 heavy (non-hydrogen) atoms. The minimum Gasteiger partial charge on any atom is -0.459 e. The number of carbonyl (C=O) groups excluding carboxylic acids is 1. The lowest BCUT2D eigenvalue weighted by molar-refractivity contribution is 0.0996. The van der Waals surface area contributed by atoms with Crippen LogP contribution in [-0.2, 0) is 0 Å². The van der Waals surface area contributed by atoms with Crippen LogP contribution in [0.25, 0.3) is 0 Å². The van der Waals surface area contributed by atoms with Gasteiger partial charge in [-0.2, -0.15) is 0 Å². The number of nitrogens with one attached hydrogen (secondary N) is 1. The lowest BCUT2D eigenvalue weighted by Gasteiger charge is -2.04. The predicted molar refractivity (Wildman–Crippen MR) is 62.6 cm³/mol. The zero-order valence-electron chi connectivity index (χ0n) is 9.28. The fourth-order valence-electron chi connectivity index (χ4n) is 1.52. The summed E-state index contributed by atoms with van der Waals surface area (Å²) in [5, 5.41) is 2.79. The van der Waals surface area contributed by atoms with Crippen LogP contribution in [0.2, 0.25) is 0 Å². The number of rotatable bonds is 2. The molecule has 0 aliphatic rings. The van der Waals surface area contributed by atoms with Crippen LogP contribution in [0.4, 0.5) is 5.69 Å². The van der Waals surface area contributed by atoms with E-state index in [9.17, 15) is 4.79 Å². The van der Waals surface area contributed by atoms with Crippen molar-refractivity contribution in [2.24, 2.45) is 0 Å². The molecule has 1 heterocycles. The number of hydrogen-bond acceptors (Lipinski definition) is 2. The van der Waals surface area contributed by atoms with Crippen molar-refractivity contribution in [3.8, 4) is 0 Å². The van der Waals surface area contributed by atoms with Gasteiger partial charge in [-0.05, 0) is 37.6 Å². The van der Waals surface area contributed by atoms with Gasteiger partial charge in [0.1, 0.15) is 0 Å². The highest BCUT2D eigenvalue weighted by Crippen LogP contribution is 2.14. The van der Waals surface area contributed by atoms with E-state index in [1.807, 2.05) is 38.1 Å². The Morgan fingerprint density at radius 3 is 2.69 bits per heavy atom. The average molecular weight is 215 g/mol. The van der Waals surface area contributed by atoms with Gasteiger partial charge in [0.25, 0.3) is 5.91 Å². The fraction of sp³-hybridized carbons (Fsp3) is 0.154. The van der Waals surface area contributed by atoms with Crippen LogP contribution in [0.5, 0.6) is 0 Å². The molecular weight excluding hydrogens is 202 g/mol. The molecule has 0 spiro atoms. The number of furan rings is 1. The van der Waals surface area contributed by atoms with Gasteiger partial charge in [0.15, 0.2) is 5.76 Å². The third kappa shape index (κ3) is 2.14. The van der Waals surface area contributed by atoms with Crippen LogP contribution in [0.3, 0.4) is 0 Å². The lowest BCUT2D eigenvalue weighted by atomic mass is 10.2. The Bertz CT molecular complexity index is 514. The number of amides is 1. The van der Waals surface area contributed by atoms with E-state index in [1.54, 1.807) is 6.07 Å². The number of anilines is 1. The van der Waals surface area contributed by atoms with Crippen molar-refractivity contribution in [1.82, 2.24) is 0 Å². The van der Waals surface area contributed by atoms with E-state index >= 15 is 0 Å². The highest BCUT2D eigenvalue weighted by atomic mass is 16.3. The van der Waals surface area contributed by atoms with Gasteiger partial charge in [0.05, 0.1) is 6.26 Å². The monoisotopic (exact) mass is 215 g/mol. The maximum atomic E-state index is 11.8. The summed E-state index contributed by atoms with van der Waals surface area (Å²) in [5.41, 5.74) is 2.72. The Kier molecular flexibility index (Phi) is 2.77. The molecule has 1 N–H and O–H groups in total. The van der Waals surface area contributed by atoms with Crippen molar-refractivity contribution in [2.45, 2.75) is 13.8 Å². The normalized spacial score (nSPS) is 10.1. The van der Waals surface area contributed by atoms with Crippen LogP contribution in [0.15, 0.2) is 41.0 Å². The quantitative estimate of drug-likeness (QED) is 0.836. The summed E-state index contributed by atoms with van der Waals surface area (Å²) in [6.45, 7) is 3.82. The van der Waals surface area contributed by atoms with Gasteiger partial charge in [-0.25, -0.2) is 0 Å². The zero-order valence-corrected chi connectivity index (χ0v) is 9.28. The molecule has 0 atom stereocenters. The first-order chi connectivity index (χ1) is 7.66. The highest BCUT2D eigenvalue weighted by molar-refractivity contribution is 6.03. The van der Waals surface area contributed by atoms with Gasteiger partial charge in [-0.15, -0.1) is 0 Å². The molecule has 0 unspecified atom stereocenters. The molecule has 2 aromatic rings. The minimum absolute atomic E-state index is 0.215. The molecule has 2 rings (SSSR count). The van der Waals surface area contributed by atoms with Crippen LogP contribution in [0, 0.1) is 13.8 Å². The fourth-order valence-corrected chi connectivity index (χ4v) is 1.52. The molecule has 0 saturated heterocycles. The molecule has 3 nitrogen and oxygen atoms in total. The van der Waals surface area contributed by atoms with E-state index in [4.69, 9.17) is 4.42 Å². The van der Waals surface area contributed by atoms with E-state index in [0.29, 0.717) is 5.76 Å². The highest BCUT2D eigenvalue weighted by Gasteiger charge is 2.12. The Morgan fingerprint density at radius 2 is 2.06 bits per heavy atom. The largest absolute Gasteiger partial charge is 0.459 e. The number of aryl methyl sites for hydroxylation is 2. The summed E-state index contributed by atoms with van der Waals surface area (Å²) in [6, 6.07) is 9.41. The van der Waals surface area contributed by atoms with Crippen LogP contribution in [0.1, 0.15) is 21.7 Å². The van der Waals surface area contributed by atoms with Crippen molar-refractivity contribution in [3.63, 3.8) is 0 Å². The van der Waals surface area contributed by atoms with Crippen molar-refractivity contribution in [1.29, 1.82) is 0 Å². The lowest BCUT2D eigenvalue weighted by Crippen LogP contribution is -2.12. The van der Waals surface area contributed by atoms with Gasteiger partial charge in [-0.3, -0.25) is 4.79 Å². The smallest absolute Gasteiger partial charge is 0.291 e. The van der Waals surface area contributed by atoms with E-state index in [0.717, 1.165) is 16.8 Å². The van der Waals surface area contributed by atoms with Crippen molar-refractivity contribution in [2.75, 3.05) is 5.32 Å². The van der Waals surface area contributed by atoms with Crippen molar-refractivity contribution >= 4 is 11.6 Å². The Hall–Kier alpha value is -2.03. The standard InChI is InChI=1S/C13H13NO2/c1-9-4-3-5-11(8-9)14-13(15)12-10(2)6-7-16-12/h3-8H,1-2H3,(H,14,15). The SMILES string of the molecule is Cc1cccc(NC(=O)c2occc2C)c1. The average Bonchev–Trinajstić information content (AvgIpc) is 2.64. The van der Waals surface area contributed by atoms with E-state index in [2.05, 4.69) is 5.32 Å². The Morgan fingerprint density at radius 1 is 1.25 bits per heavy atom. The molecular formula is C13H13NO2. The van der Waals surface area contributed by atoms with Gasteiger partial charge in [0.2, 0.25) is 0 Å². The Balaban J connectivity index is 2.17. The van der Waals surface area contributed by atoms with Crippen molar-refractivity contribution < 1.29 is 9.21 Å². The molecule has 1 aromatic heterocycles. The topological polar surface area (TPSA) is 42.2 Å². The van der Waals surface area contributed by atoms with Crippen LogP contribution < -0.4 is 5.32 Å². The maximum Gasteiger partial charge on any atom is 0.291 e. The zero-order chi connectivity index (χ0) is 11.5. The number of benzene rings is 1. The number of carbonyl (C=O) groups is 1. The van der Waals surface area contributed by atoms with Gasteiger partial charge in [0, 0.05) is 11.3 Å². The third-order valence-corrected chi connectivity index (χ3v) is 2.34. The number of hydrogen-bond donors (Lipinski definition) is 1. The van der Waals surface area contributed by atoms with Crippen LogP contribution in [-0.4, -0.2) is 5.91 Å². The summed E-state index contributed by atoms with van der Waals surface area (Å²) >= 11 is 0. The second kappa shape index (κ2) is 4.23. The van der Waals surface area contributed by atoms with Crippen LogP contribution >= 0.6 is 0 Å². The predicted octanol–water partition coefficient (Wildman–Crippen LogP) is 3.15. The summed E-state index contributed by atoms with van der Waals surface area (Å²) in [4.78, 5) is 11.8. The first-order valence-electron chi connectivity index (χ1n) is 5.09. The molecule has 0 radical (unpaired) electrons. The van der Waals surface area contributed by atoms with Gasteiger partial charge < -0.3 is 9.73 Å². The summed E-state index contributed by atoms with van der Waals surface area (Å²) in [5.74, 6) is 0.148. The Labute approximate surface area is 94.1 Å². The first-order valence-corrected chi connectivity index (χ1v) is 5.09. The van der Waals surface area contributed by atoms with E-state index in [-0.39, 0.29) is 5.91 Å². The molecule has 0 saturated carbocycles. The maximum absolute atomic E-state index is 11.8. The first kappa shape index (κ1) is 10.5. The molecule has 1 amide bonds. The summed E-state index contributed by atoms with van der Waals surface area (Å²) in [7, 11) is 0. The molecule has 0 aliphatic carbocycles. The van der Waals surface area contributed by atoms with E-state index in [1.165, 1.54) is 6.26 Å². The molecule has 0 fully saturated rings. The minimum atomic E-state index is -0.215. The third-order valence-electron chi connectivity index (χ3n) is 2.34. The molecule has 0 bridgehead atoms. The second-order valence-corrected chi connectivity index (χ2v) is 3.76. The second-order valence-electron chi connectivity index (χ2n) is 3.76. The molecule has 1 aromatic carbocycles.